The summed E-state index contributed by atoms with van der Waals surface area (Å²) in [5.74, 6) is -0.913. The number of ether oxygens (including phenoxy) is 1. The fraction of sp³-hybridized carbons (Fsp3) is 0.941. The van der Waals surface area contributed by atoms with Gasteiger partial charge >= 0.3 is 0 Å². The summed E-state index contributed by atoms with van der Waals surface area (Å²) < 4.78 is 6.01. The van der Waals surface area contributed by atoms with Crippen molar-refractivity contribution in [2.45, 2.75) is 65.2 Å². The predicted octanol–water partition coefficient (Wildman–Crippen LogP) is 2.61. The zero-order chi connectivity index (χ0) is 16.6. The second kappa shape index (κ2) is 15.8. The molecule has 21 heavy (non-hydrogen) atoms. The lowest BCUT2D eigenvalue weighted by atomic mass is 10.1. The third kappa shape index (κ3) is 21.8. The summed E-state index contributed by atoms with van der Waals surface area (Å²) in [6.07, 6.45) is 8.34. The van der Waals surface area contributed by atoms with Gasteiger partial charge in [0.2, 0.25) is 0 Å². The maximum Gasteiger partial charge on any atom is 0.102 e. The second-order valence-electron chi connectivity index (χ2n) is 6.21. The van der Waals surface area contributed by atoms with E-state index in [9.17, 15) is 9.90 Å². The Morgan fingerprint density at radius 2 is 1.52 bits per heavy atom. The highest BCUT2D eigenvalue weighted by Gasteiger charge is 2.09. The molecule has 0 rings (SSSR count). The van der Waals surface area contributed by atoms with E-state index in [0.717, 1.165) is 30.5 Å². The van der Waals surface area contributed by atoms with Gasteiger partial charge in [0, 0.05) is 13.1 Å². The molecule has 0 aromatic carbocycles. The number of carbonyl (C=O) groups is 1. The number of carbonyl (C=O) groups excluding carboxylic acids is 1. The van der Waals surface area contributed by atoms with Crippen molar-refractivity contribution in [2.24, 2.45) is 0 Å². The zero-order valence-corrected chi connectivity index (χ0v) is 15.0. The lowest BCUT2D eigenvalue weighted by molar-refractivity contribution is -0.888. The highest BCUT2D eigenvalue weighted by molar-refractivity contribution is 5.63. The number of carboxylic acids is 1. The number of nitrogens with zero attached hydrogens (tertiary/aromatic N) is 1. The Bertz CT molecular complexity index is 230. The minimum absolute atomic E-state index is 0.230. The van der Waals surface area contributed by atoms with Crippen LogP contribution in [0.25, 0.3) is 0 Å². The SMILES string of the molecule is CCCCCCCCCC(=O)[O-].CC[N+](C)(C)CCOC. The molecule has 0 aromatic rings. The van der Waals surface area contributed by atoms with Gasteiger partial charge < -0.3 is 19.1 Å². The van der Waals surface area contributed by atoms with Crippen LogP contribution in [0.2, 0.25) is 0 Å². The van der Waals surface area contributed by atoms with Gasteiger partial charge in [0.15, 0.2) is 0 Å². The Hall–Kier alpha value is -0.610. The van der Waals surface area contributed by atoms with E-state index in [1.165, 1.54) is 38.6 Å². The summed E-state index contributed by atoms with van der Waals surface area (Å²) in [6, 6.07) is 0. The molecule has 0 saturated carbocycles. The quantitative estimate of drug-likeness (QED) is 0.411. The number of likely N-dealkylation sites (N-methyl/N-ethyl adjacent to an activating group) is 1. The van der Waals surface area contributed by atoms with Crippen molar-refractivity contribution >= 4 is 5.97 Å². The van der Waals surface area contributed by atoms with Gasteiger partial charge in [-0.1, -0.05) is 45.4 Å². The van der Waals surface area contributed by atoms with Crippen LogP contribution in [-0.2, 0) is 9.53 Å². The molecule has 0 N–H and O–H groups in total. The monoisotopic (exact) mass is 303 g/mol. The molecule has 4 heteroatoms. The smallest absolute Gasteiger partial charge is 0.102 e. The predicted molar refractivity (Wildman–Crippen MR) is 87.0 cm³/mol. The molecule has 4 nitrogen and oxygen atoms in total. The fourth-order valence-electron chi connectivity index (χ4n) is 1.72. The van der Waals surface area contributed by atoms with Gasteiger partial charge in [-0.2, -0.15) is 0 Å². The molecule has 0 unspecified atom stereocenters. The molecule has 0 aromatic heterocycles. The van der Waals surface area contributed by atoms with E-state index >= 15 is 0 Å². The van der Waals surface area contributed by atoms with Gasteiger partial charge in [-0.3, -0.25) is 0 Å². The van der Waals surface area contributed by atoms with Gasteiger partial charge in [0.1, 0.15) is 6.54 Å². The first-order valence-corrected chi connectivity index (χ1v) is 8.40. The number of rotatable bonds is 12. The third-order valence-electron chi connectivity index (χ3n) is 3.74. The van der Waals surface area contributed by atoms with Gasteiger partial charge in [-0.05, 0) is 19.8 Å². The number of carboxylic acid groups (broad SMARTS) is 1. The topological polar surface area (TPSA) is 49.4 Å². The van der Waals surface area contributed by atoms with Crippen LogP contribution >= 0.6 is 0 Å². The number of aliphatic carboxylic acids is 1. The van der Waals surface area contributed by atoms with Crippen LogP contribution in [0.3, 0.4) is 0 Å². The van der Waals surface area contributed by atoms with Crippen molar-refractivity contribution in [1.82, 2.24) is 0 Å². The van der Waals surface area contributed by atoms with Crippen LogP contribution in [0, 0.1) is 0 Å². The summed E-state index contributed by atoms with van der Waals surface area (Å²) in [4.78, 5) is 10.0. The maximum absolute atomic E-state index is 10.0. The van der Waals surface area contributed by atoms with Gasteiger partial charge in [-0.25, -0.2) is 0 Å². The summed E-state index contributed by atoms with van der Waals surface area (Å²) in [6.45, 7) is 7.52. The highest BCUT2D eigenvalue weighted by Crippen LogP contribution is 2.07. The second-order valence-corrected chi connectivity index (χ2v) is 6.21. The zero-order valence-electron chi connectivity index (χ0n) is 15.0. The highest BCUT2D eigenvalue weighted by atomic mass is 16.5. The van der Waals surface area contributed by atoms with E-state index in [4.69, 9.17) is 4.74 Å². The number of methoxy groups -OCH3 is 1. The molecule has 0 amide bonds. The number of quaternary nitrogens is 1. The number of hydrogen-bond donors (Lipinski definition) is 0. The fourth-order valence-corrected chi connectivity index (χ4v) is 1.72. The van der Waals surface area contributed by atoms with E-state index in [2.05, 4.69) is 27.9 Å². The van der Waals surface area contributed by atoms with Crippen molar-refractivity contribution < 1.29 is 19.1 Å². The Balaban J connectivity index is 0. The summed E-state index contributed by atoms with van der Waals surface area (Å²) in [5.41, 5.74) is 0. The van der Waals surface area contributed by atoms with Crippen LogP contribution < -0.4 is 5.11 Å². The van der Waals surface area contributed by atoms with Crippen molar-refractivity contribution in [3.63, 3.8) is 0 Å². The van der Waals surface area contributed by atoms with Crippen LogP contribution in [0.4, 0.5) is 0 Å². The molecule has 0 spiro atoms. The van der Waals surface area contributed by atoms with Crippen LogP contribution in [0.1, 0.15) is 65.2 Å². The Labute approximate surface area is 132 Å². The van der Waals surface area contributed by atoms with Crippen LogP contribution in [0.5, 0.6) is 0 Å². The maximum atomic E-state index is 10.0. The average Bonchev–Trinajstić information content (AvgIpc) is 2.45. The molecule has 0 aliphatic heterocycles. The lowest BCUT2D eigenvalue weighted by Crippen LogP contribution is -2.41. The molecule has 0 saturated heterocycles. The van der Waals surface area contributed by atoms with E-state index in [1.54, 1.807) is 7.11 Å². The van der Waals surface area contributed by atoms with E-state index in [1.807, 2.05) is 0 Å². The Morgan fingerprint density at radius 3 is 1.95 bits per heavy atom. The van der Waals surface area contributed by atoms with E-state index in [-0.39, 0.29) is 6.42 Å². The summed E-state index contributed by atoms with van der Waals surface area (Å²) >= 11 is 0. The molecule has 0 aliphatic carbocycles. The van der Waals surface area contributed by atoms with E-state index < -0.39 is 5.97 Å². The molecule has 0 aliphatic rings. The van der Waals surface area contributed by atoms with Gasteiger partial charge in [0.25, 0.3) is 0 Å². The summed E-state index contributed by atoms with van der Waals surface area (Å²) in [5, 5.41) is 10.0. The largest absolute Gasteiger partial charge is 0.550 e. The minimum atomic E-state index is -0.913. The molecule has 0 atom stereocenters. The molecule has 0 fully saturated rings. The molecule has 0 radical (unpaired) electrons. The van der Waals surface area contributed by atoms with Crippen molar-refractivity contribution in [3.8, 4) is 0 Å². The first-order chi connectivity index (χ1) is 9.89. The first kappa shape index (κ1) is 22.7. The third-order valence-corrected chi connectivity index (χ3v) is 3.74. The molecular weight excluding hydrogens is 266 g/mol. The minimum Gasteiger partial charge on any atom is -0.550 e. The Kier molecular flexibility index (Phi) is 17.0. The van der Waals surface area contributed by atoms with Crippen molar-refractivity contribution in [2.75, 3.05) is 40.9 Å². The average molecular weight is 303 g/mol. The standard InChI is InChI=1S/C10H20O2.C7H18NO/c1-2-3-4-5-6-7-8-9-10(11)12;1-5-8(2,3)6-7-9-4/h2-9H2,1H3,(H,11,12);5-7H2,1-4H3/q;+1/p-1. The molecule has 0 heterocycles. The van der Waals surface area contributed by atoms with Crippen molar-refractivity contribution in [1.29, 1.82) is 0 Å². The molecule has 0 bridgehead atoms. The van der Waals surface area contributed by atoms with Crippen LogP contribution in [0.15, 0.2) is 0 Å². The Morgan fingerprint density at radius 1 is 1.00 bits per heavy atom. The van der Waals surface area contributed by atoms with Crippen LogP contribution in [-0.4, -0.2) is 51.4 Å². The first-order valence-electron chi connectivity index (χ1n) is 8.40. The summed E-state index contributed by atoms with van der Waals surface area (Å²) in [7, 11) is 6.16. The number of hydrogen-bond acceptors (Lipinski definition) is 3. The van der Waals surface area contributed by atoms with Gasteiger partial charge in [0.05, 0.1) is 27.2 Å². The molecule has 128 valence electrons. The van der Waals surface area contributed by atoms with Gasteiger partial charge in [-0.15, -0.1) is 0 Å². The normalized spacial score (nSPS) is 10.9. The number of unbranched alkanes of at least 4 members (excludes halogenated alkanes) is 6. The lowest BCUT2D eigenvalue weighted by Gasteiger charge is -2.27. The van der Waals surface area contributed by atoms with Crippen molar-refractivity contribution in [3.05, 3.63) is 0 Å². The van der Waals surface area contributed by atoms with E-state index in [0.29, 0.717) is 0 Å². The molecular formula is C17H37NO3.